The van der Waals surface area contributed by atoms with Crippen LogP contribution in [0.15, 0.2) is 22.7 Å². The summed E-state index contributed by atoms with van der Waals surface area (Å²) in [5.41, 5.74) is 0.349. The number of aromatic carboxylic acids is 1. The van der Waals surface area contributed by atoms with E-state index in [0.717, 1.165) is 0 Å². The fraction of sp³-hybridized carbons (Fsp3) is 0. The van der Waals surface area contributed by atoms with Crippen LogP contribution in [0.2, 0.25) is 10.0 Å². The van der Waals surface area contributed by atoms with Gasteiger partial charge in [0.05, 0.1) is 15.6 Å². The Morgan fingerprint density at radius 3 is 2.44 bits per heavy atom. The van der Waals surface area contributed by atoms with Crippen molar-refractivity contribution in [3.05, 3.63) is 34.1 Å². The highest BCUT2D eigenvalue weighted by atomic mass is 35.5. The zero-order valence-corrected chi connectivity index (χ0v) is 9.16. The first-order valence-electron chi connectivity index (χ1n) is 4.11. The summed E-state index contributed by atoms with van der Waals surface area (Å²) in [6.07, 6.45) is 0. The monoisotopic (exact) mass is 258 g/mol. The Kier molecular flexibility index (Phi) is 2.80. The number of rotatable bonds is 2. The molecule has 1 aromatic heterocycles. The lowest BCUT2D eigenvalue weighted by atomic mass is 10.2. The van der Waals surface area contributed by atoms with Crippen molar-refractivity contribution in [1.82, 2.24) is 10.1 Å². The van der Waals surface area contributed by atoms with Gasteiger partial charge in [0.2, 0.25) is 5.82 Å². The molecule has 2 aromatic rings. The lowest BCUT2D eigenvalue weighted by Gasteiger charge is -2.00. The molecule has 0 spiro atoms. The van der Waals surface area contributed by atoms with Gasteiger partial charge in [-0.05, 0) is 12.1 Å². The van der Waals surface area contributed by atoms with Crippen LogP contribution in [-0.2, 0) is 0 Å². The molecule has 0 saturated heterocycles. The predicted molar refractivity (Wildman–Crippen MR) is 56.7 cm³/mol. The van der Waals surface area contributed by atoms with Crippen LogP contribution in [0.3, 0.4) is 0 Å². The summed E-state index contributed by atoms with van der Waals surface area (Å²) in [5.74, 6) is -1.76. The number of hydrogen-bond donors (Lipinski definition) is 1. The Morgan fingerprint density at radius 2 is 1.94 bits per heavy atom. The summed E-state index contributed by atoms with van der Waals surface area (Å²) < 4.78 is 4.51. The highest BCUT2D eigenvalue weighted by molar-refractivity contribution is 6.38. The second kappa shape index (κ2) is 4.11. The smallest absolute Gasteiger partial charge is 0.394 e. The fourth-order valence-corrected chi connectivity index (χ4v) is 1.69. The van der Waals surface area contributed by atoms with Gasteiger partial charge in [0.15, 0.2) is 0 Å². The first kappa shape index (κ1) is 10.9. The molecule has 2 rings (SSSR count). The molecule has 1 aromatic carbocycles. The molecule has 0 bridgehead atoms. The van der Waals surface area contributed by atoms with E-state index in [1.54, 1.807) is 18.2 Å². The van der Waals surface area contributed by atoms with Crippen molar-refractivity contribution >= 4 is 29.2 Å². The van der Waals surface area contributed by atoms with Gasteiger partial charge in [-0.25, -0.2) is 4.79 Å². The first-order chi connectivity index (χ1) is 7.59. The van der Waals surface area contributed by atoms with Crippen molar-refractivity contribution in [3.8, 4) is 11.4 Å². The molecule has 0 amide bonds. The van der Waals surface area contributed by atoms with E-state index in [1.165, 1.54) is 0 Å². The van der Waals surface area contributed by atoms with E-state index in [9.17, 15) is 4.79 Å². The quantitative estimate of drug-likeness (QED) is 0.897. The van der Waals surface area contributed by atoms with Crippen LogP contribution in [-0.4, -0.2) is 21.2 Å². The summed E-state index contributed by atoms with van der Waals surface area (Å²) in [6.45, 7) is 0. The summed E-state index contributed by atoms with van der Waals surface area (Å²) in [6, 6.07) is 4.85. The number of carbonyl (C=O) groups is 1. The van der Waals surface area contributed by atoms with Crippen LogP contribution >= 0.6 is 23.2 Å². The minimum Gasteiger partial charge on any atom is -0.474 e. The minimum absolute atomic E-state index is 0.0491. The normalized spacial score (nSPS) is 10.4. The molecular formula is C9H4Cl2N2O3. The highest BCUT2D eigenvalue weighted by Crippen LogP contribution is 2.32. The third-order valence-electron chi connectivity index (χ3n) is 1.80. The van der Waals surface area contributed by atoms with E-state index < -0.39 is 11.9 Å². The molecule has 5 nitrogen and oxygen atoms in total. The molecule has 0 aliphatic carbocycles. The van der Waals surface area contributed by atoms with Crippen molar-refractivity contribution < 1.29 is 14.4 Å². The third-order valence-corrected chi connectivity index (χ3v) is 2.43. The number of hydrogen-bond acceptors (Lipinski definition) is 4. The average Bonchev–Trinajstić information content (AvgIpc) is 2.66. The van der Waals surface area contributed by atoms with Crippen LogP contribution in [0, 0.1) is 0 Å². The van der Waals surface area contributed by atoms with Gasteiger partial charge in [-0.2, -0.15) is 4.98 Å². The number of carboxylic acid groups (broad SMARTS) is 1. The number of carboxylic acids is 1. The Hall–Kier alpha value is -1.59. The maximum atomic E-state index is 10.6. The van der Waals surface area contributed by atoms with E-state index in [0.29, 0.717) is 15.6 Å². The molecule has 16 heavy (non-hydrogen) atoms. The summed E-state index contributed by atoms with van der Waals surface area (Å²) in [4.78, 5) is 14.2. The van der Waals surface area contributed by atoms with Crippen molar-refractivity contribution in [1.29, 1.82) is 0 Å². The van der Waals surface area contributed by atoms with Gasteiger partial charge in [0.1, 0.15) is 0 Å². The second-order valence-electron chi connectivity index (χ2n) is 2.82. The Labute approximate surface area is 99.6 Å². The molecular weight excluding hydrogens is 255 g/mol. The largest absolute Gasteiger partial charge is 0.474 e. The summed E-state index contributed by atoms with van der Waals surface area (Å²) in [5, 5.41) is 12.8. The molecule has 0 aliphatic heterocycles. The van der Waals surface area contributed by atoms with Crippen molar-refractivity contribution in [2.75, 3.05) is 0 Å². The Balaban J connectivity index is 2.54. The molecule has 1 N–H and O–H groups in total. The average molecular weight is 259 g/mol. The van der Waals surface area contributed by atoms with E-state index in [2.05, 4.69) is 14.7 Å². The van der Waals surface area contributed by atoms with Crippen LogP contribution in [0.25, 0.3) is 11.4 Å². The lowest BCUT2D eigenvalue weighted by molar-refractivity contribution is 0.0643. The van der Waals surface area contributed by atoms with Crippen molar-refractivity contribution in [2.45, 2.75) is 0 Å². The van der Waals surface area contributed by atoms with Crippen LogP contribution in [0.4, 0.5) is 0 Å². The topological polar surface area (TPSA) is 76.2 Å². The van der Waals surface area contributed by atoms with Crippen LogP contribution in [0.5, 0.6) is 0 Å². The minimum atomic E-state index is -1.30. The maximum Gasteiger partial charge on any atom is 0.394 e. The van der Waals surface area contributed by atoms with E-state index >= 15 is 0 Å². The molecule has 0 atom stereocenters. The standard InChI is InChI=1S/C9H4Cl2N2O3/c10-4-2-1-3-5(11)6(4)7-12-8(9(14)15)16-13-7/h1-3H,(H,14,15). The number of halogens is 2. The zero-order chi connectivity index (χ0) is 11.7. The first-order valence-corrected chi connectivity index (χ1v) is 4.86. The van der Waals surface area contributed by atoms with Crippen molar-refractivity contribution in [2.24, 2.45) is 0 Å². The molecule has 1 heterocycles. The van der Waals surface area contributed by atoms with E-state index in [1.807, 2.05) is 0 Å². The number of nitrogens with zero attached hydrogens (tertiary/aromatic N) is 2. The van der Waals surface area contributed by atoms with Gasteiger partial charge in [-0.15, -0.1) is 0 Å². The molecule has 7 heteroatoms. The van der Waals surface area contributed by atoms with Gasteiger partial charge in [0.25, 0.3) is 0 Å². The van der Waals surface area contributed by atoms with Gasteiger partial charge in [-0.1, -0.05) is 34.4 Å². The molecule has 0 aliphatic rings. The number of benzene rings is 1. The summed E-state index contributed by atoms with van der Waals surface area (Å²) in [7, 11) is 0. The van der Waals surface area contributed by atoms with E-state index in [-0.39, 0.29) is 5.82 Å². The number of aromatic nitrogens is 2. The molecule has 0 fully saturated rings. The van der Waals surface area contributed by atoms with Gasteiger partial charge in [-0.3, -0.25) is 0 Å². The molecule has 0 unspecified atom stereocenters. The van der Waals surface area contributed by atoms with E-state index in [4.69, 9.17) is 28.3 Å². The molecule has 82 valence electrons. The Morgan fingerprint density at radius 1 is 1.31 bits per heavy atom. The second-order valence-corrected chi connectivity index (χ2v) is 3.64. The Bertz CT molecular complexity index is 533. The third kappa shape index (κ3) is 1.87. The SMILES string of the molecule is O=C(O)c1nc(-c2c(Cl)cccc2Cl)no1. The zero-order valence-electron chi connectivity index (χ0n) is 7.65. The van der Waals surface area contributed by atoms with Crippen LogP contribution < -0.4 is 0 Å². The predicted octanol–water partition coefficient (Wildman–Crippen LogP) is 2.74. The van der Waals surface area contributed by atoms with Crippen molar-refractivity contribution in [3.63, 3.8) is 0 Å². The van der Waals surface area contributed by atoms with Gasteiger partial charge in [0, 0.05) is 0 Å². The van der Waals surface area contributed by atoms with Crippen LogP contribution in [0.1, 0.15) is 10.7 Å². The summed E-state index contributed by atoms with van der Waals surface area (Å²) >= 11 is 11.8. The maximum absolute atomic E-state index is 10.6. The molecule has 0 radical (unpaired) electrons. The highest BCUT2D eigenvalue weighted by Gasteiger charge is 2.18. The lowest BCUT2D eigenvalue weighted by Crippen LogP contribution is -1.95. The fourth-order valence-electron chi connectivity index (χ4n) is 1.12. The molecule has 0 saturated carbocycles. The van der Waals surface area contributed by atoms with Gasteiger partial charge >= 0.3 is 11.9 Å². The van der Waals surface area contributed by atoms with Gasteiger partial charge < -0.3 is 9.63 Å².